The molecule has 4 heterocycles. The third-order valence-corrected chi connectivity index (χ3v) is 8.41. The van der Waals surface area contributed by atoms with Gasteiger partial charge in [0.1, 0.15) is 23.6 Å². The molecule has 2 aromatic heterocycles. The first-order valence-electron chi connectivity index (χ1n) is 14.2. The second kappa shape index (κ2) is 11.4. The predicted octanol–water partition coefficient (Wildman–Crippen LogP) is 4.39. The number of aliphatic hydroxyl groups excluding tert-OH is 1. The van der Waals surface area contributed by atoms with Crippen LogP contribution in [0.1, 0.15) is 42.2 Å². The Morgan fingerprint density at radius 2 is 1.85 bits per heavy atom. The maximum atomic E-state index is 13.1. The number of ether oxygens (including phenoxy) is 1. The van der Waals surface area contributed by atoms with Gasteiger partial charge in [0.05, 0.1) is 12.4 Å². The number of amides is 1. The zero-order valence-electron chi connectivity index (χ0n) is 22.6. The first-order valence-corrected chi connectivity index (χ1v) is 14.2. The van der Waals surface area contributed by atoms with Gasteiger partial charge >= 0.3 is 0 Å². The van der Waals surface area contributed by atoms with Crippen molar-refractivity contribution < 1.29 is 19.1 Å². The number of likely N-dealkylation sites (tertiary alicyclic amines) is 2. The van der Waals surface area contributed by atoms with Gasteiger partial charge in [-0.3, -0.25) is 4.79 Å². The number of carbonyl (C=O) groups is 1. The summed E-state index contributed by atoms with van der Waals surface area (Å²) in [6.45, 7) is 8.55. The largest absolute Gasteiger partial charge is 0.488 e. The van der Waals surface area contributed by atoms with Crippen molar-refractivity contribution in [2.24, 2.45) is 5.92 Å². The summed E-state index contributed by atoms with van der Waals surface area (Å²) in [6.07, 6.45) is 4.37. The lowest BCUT2D eigenvalue weighted by molar-refractivity contribution is 0.0301. The molecule has 2 fully saturated rings. The van der Waals surface area contributed by atoms with Gasteiger partial charge in [-0.05, 0) is 49.4 Å². The zero-order chi connectivity index (χ0) is 26.8. The summed E-state index contributed by atoms with van der Waals surface area (Å²) in [5, 5.41) is 15.1. The highest BCUT2D eigenvalue weighted by atomic mass is 16.5. The van der Waals surface area contributed by atoms with E-state index in [-0.39, 0.29) is 18.1 Å². The summed E-state index contributed by atoms with van der Waals surface area (Å²) >= 11 is 0. The SMILES string of the molecule is C[C@H]1CN(CCN2CCC(NC(=O)c3cc4c(OCc5coc6ccccc56)cccc4[nH]3)CC2)CC[C@@H]1O. The zero-order valence-corrected chi connectivity index (χ0v) is 22.6. The van der Waals surface area contributed by atoms with Gasteiger partial charge < -0.3 is 34.4 Å². The monoisotopic (exact) mass is 530 g/mol. The van der Waals surface area contributed by atoms with E-state index in [0.717, 1.165) is 91.7 Å². The van der Waals surface area contributed by atoms with E-state index in [0.29, 0.717) is 18.2 Å². The highest BCUT2D eigenvalue weighted by Gasteiger charge is 2.26. The predicted molar refractivity (Wildman–Crippen MR) is 152 cm³/mol. The summed E-state index contributed by atoms with van der Waals surface area (Å²) in [5.74, 6) is 1.01. The van der Waals surface area contributed by atoms with Gasteiger partial charge in [-0.1, -0.05) is 31.2 Å². The maximum absolute atomic E-state index is 13.1. The molecule has 2 saturated heterocycles. The average Bonchev–Trinajstić information content (AvgIpc) is 3.58. The molecule has 3 N–H and O–H groups in total. The molecule has 2 aromatic carbocycles. The molecule has 2 aliphatic rings. The van der Waals surface area contributed by atoms with Crippen molar-refractivity contribution in [3.63, 3.8) is 0 Å². The van der Waals surface area contributed by atoms with E-state index >= 15 is 0 Å². The molecule has 6 rings (SSSR count). The first kappa shape index (κ1) is 25.9. The highest BCUT2D eigenvalue weighted by molar-refractivity contribution is 5.99. The number of nitrogens with zero attached hydrogens (tertiary/aromatic N) is 2. The molecule has 0 bridgehead atoms. The minimum Gasteiger partial charge on any atom is -0.488 e. The molecular weight excluding hydrogens is 492 g/mol. The van der Waals surface area contributed by atoms with Gasteiger partial charge in [-0.25, -0.2) is 0 Å². The van der Waals surface area contributed by atoms with Crippen LogP contribution in [-0.2, 0) is 6.61 Å². The van der Waals surface area contributed by atoms with Gasteiger partial charge in [-0.2, -0.15) is 0 Å². The minimum absolute atomic E-state index is 0.0720. The summed E-state index contributed by atoms with van der Waals surface area (Å²) in [6, 6.07) is 15.8. The number of piperidine rings is 2. The Labute approximate surface area is 228 Å². The van der Waals surface area contributed by atoms with Gasteiger partial charge in [0.25, 0.3) is 5.91 Å². The van der Waals surface area contributed by atoms with Crippen molar-refractivity contribution in [2.75, 3.05) is 39.3 Å². The molecule has 0 unspecified atom stereocenters. The standard InChI is InChI=1S/C31H38N4O4/c1-21-18-35(14-11-28(21)36)16-15-34-12-9-23(10-13-34)32-31(37)27-17-25-26(33-27)6-4-8-30(25)39-20-22-19-38-29-7-3-2-5-24(22)29/h2-8,17,19,21,23,28,33,36H,9-16,18,20H2,1H3,(H,32,37)/t21-,28-/m0/s1. The van der Waals surface area contributed by atoms with E-state index in [9.17, 15) is 9.90 Å². The van der Waals surface area contributed by atoms with Gasteiger partial charge in [0.2, 0.25) is 0 Å². The fourth-order valence-electron chi connectivity index (χ4n) is 5.95. The number of aliphatic hydroxyl groups is 1. The molecule has 8 heteroatoms. The number of benzene rings is 2. The molecule has 0 radical (unpaired) electrons. The Morgan fingerprint density at radius 1 is 1.05 bits per heavy atom. The number of H-pyrrole nitrogens is 1. The summed E-state index contributed by atoms with van der Waals surface area (Å²) in [7, 11) is 0. The Morgan fingerprint density at radius 3 is 2.69 bits per heavy atom. The Bertz CT molecular complexity index is 1420. The van der Waals surface area contributed by atoms with Crippen molar-refractivity contribution in [2.45, 2.75) is 44.9 Å². The molecule has 0 saturated carbocycles. The fraction of sp³-hybridized carbons (Fsp3) is 0.452. The first-order chi connectivity index (χ1) is 19.0. The van der Waals surface area contributed by atoms with E-state index in [2.05, 4.69) is 27.0 Å². The lowest BCUT2D eigenvalue weighted by atomic mass is 9.97. The molecule has 0 spiro atoms. The molecule has 2 aliphatic heterocycles. The van der Waals surface area contributed by atoms with Crippen LogP contribution in [0, 0.1) is 5.92 Å². The minimum atomic E-state index is -0.153. The normalized spacial score (nSPS) is 21.5. The van der Waals surface area contributed by atoms with Crippen molar-refractivity contribution in [3.05, 3.63) is 66.1 Å². The van der Waals surface area contributed by atoms with Crippen LogP contribution in [0.4, 0.5) is 0 Å². The number of furan rings is 1. The van der Waals surface area contributed by atoms with Crippen LogP contribution in [0.5, 0.6) is 5.75 Å². The van der Waals surface area contributed by atoms with Gasteiger partial charge in [-0.15, -0.1) is 0 Å². The summed E-state index contributed by atoms with van der Waals surface area (Å²) in [4.78, 5) is 21.4. The number of fused-ring (bicyclic) bond motifs is 2. The van der Waals surface area contributed by atoms with Gasteiger partial charge in [0, 0.05) is 67.2 Å². The van der Waals surface area contributed by atoms with Crippen LogP contribution in [-0.4, -0.2) is 77.2 Å². The van der Waals surface area contributed by atoms with Gasteiger partial charge in [0.15, 0.2) is 0 Å². The number of aromatic amines is 1. The summed E-state index contributed by atoms with van der Waals surface area (Å²) in [5.41, 5.74) is 3.27. The lowest BCUT2D eigenvalue weighted by Gasteiger charge is -2.37. The van der Waals surface area contributed by atoms with E-state index in [1.807, 2.05) is 48.5 Å². The molecule has 206 valence electrons. The second-order valence-corrected chi connectivity index (χ2v) is 11.2. The van der Waals surface area contributed by atoms with Crippen molar-refractivity contribution in [1.82, 2.24) is 20.1 Å². The number of aromatic nitrogens is 1. The van der Waals surface area contributed by atoms with Crippen LogP contribution in [0.3, 0.4) is 0 Å². The van der Waals surface area contributed by atoms with Crippen molar-refractivity contribution in [1.29, 1.82) is 0 Å². The molecular formula is C31H38N4O4. The number of rotatable bonds is 8. The molecule has 2 atom stereocenters. The molecule has 4 aromatic rings. The van der Waals surface area contributed by atoms with E-state index in [1.165, 1.54) is 0 Å². The Balaban J connectivity index is 1.01. The lowest BCUT2D eigenvalue weighted by Crippen LogP contribution is -2.48. The van der Waals surface area contributed by atoms with E-state index in [4.69, 9.17) is 9.15 Å². The smallest absolute Gasteiger partial charge is 0.267 e. The van der Waals surface area contributed by atoms with Crippen LogP contribution in [0.2, 0.25) is 0 Å². The highest BCUT2D eigenvalue weighted by Crippen LogP contribution is 2.29. The molecule has 0 aliphatic carbocycles. The maximum Gasteiger partial charge on any atom is 0.267 e. The van der Waals surface area contributed by atoms with E-state index < -0.39 is 0 Å². The third kappa shape index (κ3) is 5.83. The Kier molecular flexibility index (Phi) is 7.59. The van der Waals surface area contributed by atoms with E-state index in [1.54, 1.807) is 6.26 Å². The average molecular weight is 531 g/mol. The fourth-order valence-corrected chi connectivity index (χ4v) is 5.95. The summed E-state index contributed by atoms with van der Waals surface area (Å²) < 4.78 is 11.8. The third-order valence-electron chi connectivity index (χ3n) is 8.41. The number of hydrogen-bond donors (Lipinski definition) is 3. The molecule has 39 heavy (non-hydrogen) atoms. The number of nitrogens with one attached hydrogen (secondary N) is 2. The Hall–Kier alpha value is -3.33. The number of hydrogen-bond acceptors (Lipinski definition) is 6. The van der Waals surface area contributed by atoms with Crippen molar-refractivity contribution >= 4 is 27.8 Å². The topological polar surface area (TPSA) is 94.0 Å². The molecule has 8 nitrogen and oxygen atoms in total. The van der Waals surface area contributed by atoms with Crippen LogP contribution in [0.15, 0.2) is 59.2 Å². The van der Waals surface area contributed by atoms with Crippen LogP contribution < -0.4 is 10.1 Å². The van der Waals surface area contributed by atoms with Crippen LogP contribution >= 0.6 is 0 Å². The second-order valence-electron chi connectivity index (χ2n) is 11.2. The van der Waals surface area contributed by atoms with Crippen molar-refractivity contribution in [3.8, 4) is 5.75 Å². The number of para-hydroxylation sites is 1. The quantitative estimate of drug-likeness (QED) is 0.313. The number of carbonyl (C=O) groups excluding carboxylic acids is 1. The van der Waals surface area contributed by atoms with Crippen LogP contribution in [0.25, 0.3) is 21.9 Å². The molecule has 1 amide bonds.